The summed E-state index contributed by atoms with van der Waals surface area (Å²) in [4.78, 5) is 2.54. The second kappa shape index (κ2) is 6.69. The lowest BCUT2D eigenvalue weighted by molar-refractivity contribution is -0.522. The summed E-state index contributed by atoms with van der Waals surface area (Å²) in [5.74, 6) is 0. The lowest BCUT2D eigenvalue weighted by Crippen LogP contribution is -3.00. The van der Waals surface area contributed by atoms with Crippen LogP contribution in [-0.2, 0) is 0 Å². The van der Waals surface area contributed by atoms with Crippen LogP contribution >= 0.6 is 11.6 Å². The summed E-state index contributed by atoms with van der Waals surface area (Å²) in [7, 11) is 0. The monoisotopic (exact) mass is 416 g/mol. The predicted octanol–water partition coefficient (Wildman–Crippen LogP) is 1.22. The molecule has 2 heterocycles. The van der Waals surface area contributed by atoms with E-state index in [1.165, 1.54) is 37.3 Å². The van der Waals surface area contributed by atoms with E-state index in [4.69, 9.17) is 11.6 Å². The van der Waals surface area contributed by atoms with Gasteiger partial charge in [0.1, 0.15) is 0 Å². The number of rotatable bonds is 2. The molecular weight excluding hydrogens is 395 g/mol. The van der Waals surface area contributed by atoms with E-state index in [2.05, 4.69) is 47.7 Å². The van der Waals surface area contributed by atoms with E-state index in [9.17, 15) is 0 Å². The average Bonchev–Trinajstić information content (AvgIpc) is 2.93. The van der Waals surface area contributed by atoms with Crippen molar-refractivity contribution in [3.8, 4) is 0 Å². The van der Waals surface area contributed by atoms with Crippen molar-refractivity contribution in [2.45, 2.75) is 38.6 Å². The third-order valence-electron chi connectivity index (χ3n) is 4.30. The van der Waals surface area contributed by atoms with Crippen molar-refractivity contribution in [1.82, 2.24) is 4.90 Å². The SMILES string of the molecule is CC1(C)CC(N2CCCC2)=CC=[N+]1c1ccc(Cl)cc1.[I-]. The third kappa shape index (κ3) is 3.62. The normalized spacial score (nSPS) is 20.6. The topological polar surface area (TPSA) is 6.25 Å². The highest BCUT2D eigenvalue weighted by Gasteiger charge is 2.37. The molecule has 0 N–H and O–H groups in total. The van der Waals surface area contributed by atoms with Gasteiger partial charge >= 0.3 is 0 Å². The Hall–Kier alpha value is -0.550. The van der Waals surface area contributed by atoms with Crippen LogP contribution in [0.4, 0.5) is 5.69 Å². The van der Waals surface area contributed by atoms with Crippen molar-refractivity contribution in [2.24, 2.45) is 0 Å². The molecule has 21 heavy (non-hydrogen) atoms. The average molecular weight is 417 g/mol. The summed E-state index contributed by atoms with van der Waals surface area (Å²) in [5.41, 5.74) is 2.79. The van der Waals surface area contributed by atoms with Crippen LogP contribution in [0.3, 0.4) is 0 Å². The highest BCUT2D eigenvalue weighted by atomic mass is 127. The zero-order valence-corrected chi connectivity index (χ0v) is 15.6. The van der Waals surface area contributed by atoms with E-state index in [0.29, 0.717) is 0 Å². The van der Waals surface area contributed by atoms with Gasteiger partial charge in [-0.15, -0.1) is 0 Å². The lowest BCUT2D eigenvalue weighted by atomic mass is 9.93. The second-order valence-corrected chi connectivity index (χ2v) is 6.77. The number of benzene rings is 1. The molecule has 0 radical (unpaired) electrons. The molecule has 0 amide bonds. The summed E-state index contributed by atoms with van der Waals surface area (Å²) in [6.07, 6.45) is 8.26. The maximum absolute atomic E-state index is 5.98. The molecule has 0 atom stereocenters. The van der Waals surface area contributed by atoms with Crippen LogP contribution in [-0.4, -0.2) is 34.3 Å². The third-order valence-corrected chi connectivity index (χ3v) is 4.55. The van der Waals surface area contributed by atoms with Crippen molar-refractivity contribution < 1.29 is 28.6 Å². The van der Waals surface area contributed by atoms with Crippen LogP contribution in [0.25, 0.3) is 0 Å². The van der Waals surface area contributed by atoms with Gasteiger partial charge in [0.25, 0.3) is 0 Å². The molecule has 0 aliphatic carbocycles. The van der Waals surface area contributed by atoms with E-state index in [1.54, 1.807) is 0 Å². The number of allylic oxidation sites excluding steroid dienone is 1. The van der Waals surface area contributed by atoms with Gasteiger partial charge in [-0.25, -0.2) is 0 Å². The van der Waals surface area contributed by atoms with Gasteiger partial charge in [-0.1, -0.05) is 11.6 Å². The highest BCUT2D eigenvalue weighted by molar-refractivity contribution is 6.30. The van der Waals surface area contributed by atoms with Gasteiger partial charge in [-0.2, -0.15) is 4.58 Å². The fraction of sp³-hybridized carbons (Fsp3) is 0.471. The van der Waals surface area contributed by atoms with Crippen LogP contribution in [0.2, 0.25) is 5.02 Å². The van der Waals surface area contributed by atoms with Gasteiger partial charge in [0.15, 0.2) is 11.8 Å². The number of halogens is 2. The zero-order chi connectivity index (χ0) is 14.2. The van der Waals surface area contributed by atoms with E-state index < -0.39 is 0 Å². The molecule has 2 aliphatic rings. The second-order valence-electron chi connectivity index (χ2n) is 6.34. The standard InChI is InChI=1S/C17H22ClN2.HI/c1-17(2)13-16(19-10-3-4-11-19)9-12-20(17)15-7-5-14(18)6-8-15;/h5-9,12H,3-4,10-11,13H2,1-2H3;1H/q+1;/p-1. The van der Waals surface area contributed by atoms with Crippen LogP contribution < -0.4 is 24.0 Å². The van der Waals surface area contributed by atoms with Crippen LogP contribution in [0, 0.1) is 0 Å². The molecule has 0 spiro atoms. The van der Waals surface area contributed by atoms with Crippen molar-refractivity contribution >= 4 is 23.5 Å². The number of hydrogen-bond donors (Lipinski definition) is 0. The molecule has 1 saturated heterocycles. The Morgan fingerprint density at radius 3 is 2.29 bits per heavy atom. The fourth-order valence-electron chi connectivity index (χ4n) is 3.21. The van der Waals surface area contributed by atoms with Gasteiger partial charge in [0.05, 0.1) is 6.42 Å². The molecule has 1 fully saturated rings. The van der Waals surface area contributed by atoms with Gasteiger partial charge in [0, 0.05) is 55.9 Å². The Labute approximate surface area is 149 Å². The van der Waals surface area contributed by atoms with Gasteiger partial charge in [0.2, 0.25) is 5.69 Å². The molecular formula is C17H22ClIN2. The van der Waals surface area contributed by atoms with Gasteiger partial charge in [-0.05, 0) is 25.0 Å². The molecule has 0 unspecified atom stereocenters. The minimum absolute atomic E-state index is 0. The van der Waals surface area contributed by atoms with E-state index in [1.807, 2.05) is 12.1 Å². The van der Waals surface area contributed by atoms with Crippen molar-refractivity contribution in [1.29, 1.82) is 0 Å². The van der Waals surface area contributed by atoms with E-state index in [-0.39, 0.29) is 29.5 Å². The largest absolute Gasteiger partial charge is 1.00 e. The lowest BCUT2D eigenvalue weighted by Gasteiger charge is -2.31. The Kier molecular flexibility index (Phi) is 5.36. The first kappa shape index (κ1) is 16.8. The first-order valence-electron chi connectivity index (χ1n) is 7.40. The van der Waals surface area contributed by atoms with E-state index >= 15 is 0 Å². The van der Waals surface area contributed by atoms with Crippen molar-refractivity contribution in [3.05, 3.63) is 41.1 Å². The summed E-state index contributed by atoms with van der Waals surface area (Å²) in [6, 6.07) is 8.10. The number of likely N-dealkylation sites (tertiary alicyclic amines) is 1. The molecule has 114 valence electrons. The zero-order valence-electron chi connectivity index (χ0n) is 12.6. The maximum atomic E-state index is 5.98. The van der Waals surface area contributed by atoms with Gasteiger partial charge < -0.3 is 28.9 Å². The molecule has 1 aromatic carbocycles. The van der Waals surface area contributed by atoms with Crippen molar-refractivity contribution in [2.75, 3.05) is 13.1 Å². The minimum atomic E-state index is 0. The molecule has 1 aromatic rings. The van der Waals surface area contributed by atoms with Gasteiger partial charge in [-0.3, -0.25) is 0 Å². The maximum Gasteiger partial charge on any atom is 0.205 e. The van der Waals surface area contributed by atoms with Crippen LogP contribution in [0.1, 0.15) is 33.1 Å². The molecule has 0 saturated carbocycles. The fourth-order valence-corrected chi connectivity index (χ4v) is 3.33. The minimum Gasteiger partial charge on any atom is -1.00 e. The molecule has 4 heteroatoms. The summed E-state index contributed by atoms with van der Waals surface area (Å²) in [5, 5.41) is 0.789. The van der Waals surface area contributed by atoms with E-state index in [0.717, 1.165) is 11.4 Å². The number of hydrogen-bond acceptors (Lipinski definition) is 1. The summed E-state index contributed by atoms with van der Waals surface area (Å²) >= 11 is 5.98. The van der Waals surface area contributed by atoms with Crippen LogP contribution in [0.5, 0.6) is 0 Å². The Balaban J connectivity index is 0.00000161. The Bertz CT molecular complexity index is 555. The molecule has 2 aliphatic heterocycles. The molecule has 0 bridgehead atoms. The van der Waals surface area contributed by atoms with Crippen LogP contribution in [0.15, 0.2) is 36.0 Å². The predicted molar refractivity (Wildman–Crippen MR) is 85.0 cm³/mol. The quantitative estimate of drug-likeness (QED) is 0.519. The summed E-state index contributed by atoms with van der Waals surface area (Å²) in [6.45, 7) is 7.05. The molecule has 0 aromatic heterocycles. The number of nitrogens with zero attached hydrogens (tertiary/aromatic N) is 2. The summed E-state index contributed by atoms with van der Waals surface area (Å²) < 4.78 is 2.35. The Morgan fingerprint density at radius 1 is 1.10 bits per heavy atom. The van der Waals surface area contributed by atoms with Crippen molar-refractivity contribution in [3.63, 3.8) is 0 Å². The molecule has 2 nitrogen and oxygen atoms in total. The Morgan fingerprint density at radius 2 is 1.71 bits per heavy atom. The molecule has 3 rings (SSSR count). The first-order valence-corrected chi connectivity index (χ1v) is 7.78. The smallest absolute Gasteiger partial charge is 0.205 e. The first-order chi connectivity index (χ1) is 9.56. The highest BCUT2D eigenvalue weighted by Crippen LogP contribution is 2.32.